The number of rotatable bonds is 3. The van der Waals surface area contributed by atoms with Crippen LogP contribution >= 0.6 is 11.6 Å². The molecule has 0 bridgehead atoms. The topological polar surface area (TPSA) is 58.6 Å². The highest BCUT2D eigenvalue weighted by atomic mass is 35.5. The summed E-state index contributed by atoms with van der Waals surface area (Å²) in [5.74, 6) is -1.11. The van der Waals surface area contributed by atoms with Crippen LogP contribution in [-0.2, 0) is 0 Å². The number of benzene rings is 2. The van der Waals surface area contributed by atoms with E-state index in [4.69, 9.17) is 16.3 Å². The number of hydrogen-bond donors (Lipinski definition) is 2. The van der Waals surface area contributed by atoms with Crippen LogP contribution in [0.4, 0.5) is 10.1 Å². The van der Waals surface area contributed by atoms with Crippen LogP contribution in [0.1, 0.15) is 10.4 Å². The monoisotopic (exact) mass is 295 g/mol. The number of aromatic hydroxyl groups is 1. The highest BCUT2D eigenvalue weighted by Gasteiger charge is 2.14. The number of halogens is 2. The average molecular weight is 296 g/mol. The smallest absolute Gasteiger partial charge is 0.259 e. The number of nitrogens with one attached hydrogen (secondary N) is 1. The summed E-state index contributed by atoms with van der Waals surface area (Å²) in [6.07, 6.45) is 0. The molecule has 2 rings (SSSR count). The van der Waals surface area contributed by atoms with Gasteiger partial charge in [0, 0.05) is 11.1 Å². The molecule has 104 valence electrons. The number of carbonyl (C=O) groups excluding carboxylic acids is 1. The number of anilines is 1. The van der Waals surface area contributed by atoms with Crippen LogP contribution in [0.15, 0.2) is 36.4 Å². The van der Waals surface area contributed by atoms with Crippen LogP contribution in [0.5, 0.6) is 11.5 Å². The van der Waals surface area contributed by atoms with Crippen molar-refractivity contribution in [1.29, 1.82) is 0 Å². The highest BCUT2D eigenvalue weighted by molar-refractivity contribution is 6.31. The second-order valence-corrected chi connectivity index (χ2v) is 4.40. The fourth-order valence-electron chi connectivity index (χ4n) is 1.61. The van der Waals surface area contributed by atoms with Crippen LogP contribution < -0.4 is 10.1 Å². The summed E-state index contributed by atoms with van der Waals surface area (Å²) in [5.41, 5.74) is -0.0529. The molecule has 2 aromatic carbocycles. The normalized spacial score (nSPS) is 10.2. The third-order valence-corrected chi connectivity index (χ3v) is 2.86. The van der Waals surface area contributed by atoms with Crippen LogP contribution in [-0.4, -0.2) is 18.1 Å². The molecular weight excluding hydrogens is 285 g/mol. The van der Waals surface area contributed by atoms with Gasteiger partial charge in [0.25, 0.3) is 5.91 Å². The van der Waals surface area contributed by atoms with E-state index in [1.807, 2.05) is 0 Å². The van der Waals surface area contributed by atoms with Crippen molar-refractivity contribution in [2.75, 3.05) is 12.4 Å². The van der Waals surface area contributed by atoms with E-state index in [9.17, 15) is 14.3 Å². The van der Waals surface area contributed by atoms with Crippen molar-refractivity contribution in [1.82, 2.24) is 0 Å². The Balaban J connectivity index is 2.26. The standard InChI is InChI=1S/C14H11ClFNO3/c1-20-9-3-4-10(13(18)7-9)14(19)17-12-6-8(15)2-5-11(12)16/h2-7,18H,1H3,(H,17,19). The summed E-state index contributed by atoms with van der Waals surface area (Å²) >= 11 is 5.73. The summed E-state index contributed by atoms with van der Waals surface area (Å²) < 4.78 is 18.4. The van der Waals surface area contributed by atoms with Crippen molar-refractivity contribution in [2.45, 2.75) is 0 Å². The molecule has 0 saturated carbocycles. The Morgan fingerprint density at radius 3 is 2.70 bits per heavy atom. The van der Waals surface area contributed by atoms with E-state index in [0.717, 1.165) is 6.07 Å². The maximum atomic E-state index is 13.5. The molecule has 0 spiro atoms. The van der Waals surface area contributed by atoms with E-state index in [1.165, 1.54) is 37.4 Å². The first-order valence-corrected chi connectivity index (χ1v) is 6.02. The fourth-order valence-corrected chi connectivity index (χ4v) is 1.79. The summed E-state index contributed by atoms with van der Waals surface area (Å²) in [4.78, 5) is 12.0. The van der Waals surface area contributed by atoms with Gasteiger partial charge in [-0.25, -0.2) is 4.39 Å². The van der Waals surface area contributed by atoms with Gasteiger partial charge in [-0.05, 0) is 30.3 Å². The van der Waals surface area contributed by atoms with Crippen molar-refractivity contribution in [2.24, 2.45) is 0 Å². The van der Waals surface area contributed by atoms with Gasteiger partial charge in [-0.1, -0.05) is 11.6 Å². The molecule has 0 atom stereocenters. The fraction of sp³-hybridized carbons (Fsp3) is 0.0714. The molecule has 0 heterocycles. The lowest BCUT2D eigenvalue weighted by molar-refractivity contribution is 0.102. The molecule has 2 N–H and O–H groups in total. The molecule has 0 saturated heterocycles. The Bertz CT molecular complexity index is 661. The van der Waals surface area contributed by atoms with Crippen LogP contribution in [0.3, 0.4) is 0 Å². The second kappa shape index (κ2) is 5.79. The van der Waals surface area contributed by atoms with Crippen LogP contribution in [0.2, 0.25) is 5.02 Å². The lowest BCUT2D eigenvalue weighted by Crippen LogP contribution is -2.13. The molecule has 20 heavy (non-hydrogen) atoms. The molecule has 0 fully saturated rings. The Morgan fingerprint density at radius 1 is 1.30 bits per heavy atom. The molecule has 1 amide bonds. The molecule has 0 aliphatic heterocycles. The third kappa shape index (κ3) is 3.00. The number of carbonyl (C=O) groups is 1. The lowest BCUT2D eigenvalue weighted by atomic mass is 10.1. The quantitative estimate of drug-likeness (QED) is 0.912. The molecule has 0 aliphatic carbocycles. The van der Waals surface area contributed by atoms with E-state index in [-0.39, 0.29) is 17.0 Å². The predicted molar refractivity (Wildman–Crippen MR) is 74.0 cm³/mol. The Morgan fingerprint density at radius 2 is 2.05 bits per heavy atom. The van der Waals surface area contributed by atoms with Gasteiger partial charge in [0.2, 0.25) is 0 Å². The van der Waals surface area contributed by atoms with Gasteiger partial charge < -0.3 is 15.2 Å². The minimum atomic E-state index is -0.647. The molecule has 6 heteroatoms. The summed E-state index contributed by atoms with van der Waals surface area (Å²) in [7, 11) is 1.44. The van der Waals surface area contributed by atoms with Crippen LogP contribution in [0.25, 0.3) is 0 Å². The lowest BCUT2D eigenvalue weighted by Gasteiger charge is -2.09. The Kier molecular flexibility index (Phi) is 4.10. The van der Waals surface area contributed by atoms with Gasteiger partial charge in [0.05, 0.1) is 18.4 Å². The van der Waals surface area contributed by atoms with E-state index in [2.05, 4.69) is 5.32 Å². The second-order valence-electron chi connectivity index (χ2n) is 3.96. The maximum absolute atomic E-state index is 13.5. The zero-order valence-corrected chi connectivity index (χ0v) is 11.2. The maximum Gasteiger partial charge on any atom is 0.259 e. The van der Waals surface area contributed by atoms with Crippen molar-refractivity contribution in [3.63, 3.8) is 0 Å². The molecule has 0 aromatic heterocycles. The van der Waals surface area contributed by atoms with Crippen LogP contribution in [0, 0.1) is 5.82 Å². The van der Waals surface area contributed by atoms with E-state index < -0.39 is 11.7 Å². The van der Waals surface area contributed by atoms with Crippen molar-refractivity contribution in [3.8, 4) is 11.5 Å². The van der Waals surface area contributed by atoms with E-state index in [0.29, 0.717) is 10.8 Å². The first kappa shape index (κ1) is 14.1. The van der Waals surface area contributed by atoms with Gasteiger partial charge in [0.1, 0.15) is 17.3 Å². The number of methoxy groups -OCH3 is 1. The van der Waals surface area contributed by atoms with E-state index >= 15 is 0 Å². The average Bonchev–Trinajstić information content (AvgIpc) is 2.42. The number of hydrogen-bond acceptors (Lipinski definition) is 3. The number of phenols is 1. The summed E-state index contributed by atoms with van der Waals surface area (Å²) in [5, 5.41) is 12.4. The van der Waals surface area contributed by atoms with Crippen molar-refractivity contribution in [3.05, 3.63) is 52.8 Å². The number of phenolic OH excluding ortho intramolecular Hbond substituents is 1. The molecule has 0 aliphatic rings. The SMILES string of the molecule is COc1ccc(C(=O)Nc2cc(Cl)ccc2F)c(O)c1. The van der Waals surface area contributed by atoms with Gasteiger partial charge >= 0.3 is 0 Å². The zero-order chi connectivity index (χ0) is 14.7. The van der Waals surface area contributed by atoms with Gasteiger partial charge in [0.15, 0.2) is 0 Å². The largest absolute Gasteiger partial charge is 0.507 e. The van der Waals surface area contributed by atoms with Gasteiger partial charge in [-0.2, -0.15) is 0 Å². The molecule has 0 unspecified atom stereocenters. The highest BCUT2D eigenvalue weighted by Crippen LogP contribution is 2.25. The Hall–Kier alpha value is -2.27. The third-order valence-electron chi connectivity index (χ3n) is 2.63. The first-order valence-electron chi connectivity index (χ1n) is 5.64. The van der Waals surface area contributed by atoms with Crippen molar-refractivity contribution < 1.29 is 19.0 Å². The number of amides is 1. The summed E-state index contributed by atoms with van der Waals surface area (Å²) in [6, 6.07) is 8.00. The zero-order valence-electron chi connectivity index (χ0n) is 10.5. The minimum Gasteiger partial charge on any atom is -0.507 e. The van der Waals surface area contributed by atoms with Gasteiger partial charge in [-0.15, -0.1) is 0 Å². The molecule has 0 radical (unpaired) electrons. The minimum absolute atomic E-state index is 0.00479. The molecule has 2 aromatic rings. The molecule has 4 nitrogen and oxygen atoms in total. The van der Waals surface area contributed by atoms with Gasteiger partial charge in [-0.3, -0.25) is 4.79 Å². The predicted octanol–water partition coefficient (Wildman–Crippen LogP) is 3.45. The number of ether oxygens (including phenoxy) is 1. The first-order chi connectivity index (χ1) is 9.51. The van der Waals surface area contributed by atoms with E-state index in [1.54, 1.807) is 0 Å². The molecular formula is C14H11ClFNO3. The summed E-state index contributed by atoms with van der Waals surface area (Å²) in [6.45, 7) is 0. The Labute approximate surface area is 119 Å². The van der Waals surface area contributed by atoms with Crippen molar-refractivity contribution >= 4 is 23.2 Å².